The molecule has 0 spiro atoms. The van der Waals surface area contributed by atoms with Crippen LogP contribution in [-0.4, -0.2) is 50.9 Å². The van der Waals surface area contributed by atoms with Gasteiger partial charge in [0.05, 0.1) is 17.1 Å². The lowest BCUT2D eigenvalue weighted by atomic mass is 10.1. The van der Waals surface area contributed by atoms with Gasteiger partial charge in [0.25, 0.3) is 0 Å². The van der Waals surface area contributed by atoms with Gasteiger partial charge in [0.15, 0.2) is 10.8 Å². The summed E-state index contributed by atoms with van der Waals surface area (Å²) in [6.07, 6.45) is 5.57. The fourth-order valence-electron chi connectivity index (χ4n) is 2.92. The highest BCUT2D eigenvalue weighted by molar-refractivity contribution is 7.13. The predicted octanol–water partition coefficient (Wildman–Crippen LogP) is 2.36. The van der Waals surface area contributed by atoms with Gasteiger partial charge in [-0.15, -0.1) is 11.3 Å². The summed E-state index contributed by atoms with van der Waals surface area (Å²) >= 11 is 1.69. The third-order valence-corrected chi connectivity index (χ3v) is 5.02. The van der Waals surface area contributed by atoms with Crippen LogP contribution in [-0.2, 0) is 5.54 Å². The molecule has 0 N–H and O–H groups in total. The second-order valence-corrected chi connectivity index (χ2v) is 7.84. The van der Waals surface area contributed by atoms with E-state index in [0.717, 1.165) is 48.3 Å². The van der Waals surface area contributed by atoms with E-state index in [0.29, 0.717) is 0 Å². The second kappa shape index (κ2) is 5.70. The summed E-state index contributed by atoms with van der Waals surface area (Å²) in [5, 5.41) is 8.58. The number of fused-ring (bicyclic) bond motifs is 1. The van der Waals surface area contributed by atoms with Crippen molar-refractivity contribution in [1.29, 1.82) is 0 Å². The Balaban J connectivity index is 1.57. The first kappa shape index (κ1) is 15.3. The Morgan fingerprint density at radius 2 is 1.75 bits per heavy atom. The van der Waals surface area contributed by atoms with Crippen molar-refractivity contribution in [3.63, 3.8) is 0 Å². The quantitative estimate of drug-likeness (QED) is 0.712. The topological polar surface area (TPSA) is 63.0 Å². The number of hydrogen-bond acceptors (Lipinski definition) is 7. The van der Waals surface area contributed by atoms with Crippen molar-refractivity contribution in [2.45, 2.75) is 26.3 Å². The van der Waals surface area contributed by atoms with Crippen LogP contribution in [0.3, 0.4) is 0 Å². The number of aromatic nitrogens is 5. The summed E-state index contributed by atoms with van der Waals surface area (Å²) in [4.78, 5) is 18.3. The van der Waals surface area contributed by atoms with Crippen molar-refractivity contribution >= 4 is 33.5 Å². The Labute approximate surface area is 145 Å². The fourth-order valence-corrected chi connectivity index (χ4v) is 3.62. The first-order chi connectivity index (χ1) is 11.5. The molecule has 0 amide bonds. The molecule has 1 saturated heterocycles. The van der Waals surface area contributed by atoms with Crippen LogP contribution in [0.4, 0.5) is 11.1 Å². The Morgan fingerprint density at radius 1 is 1.00 bits per heavy atom. The van der Waals surface area contributed by atoms with Crippen LogP contribution in [0.15, 0.2) is 24.0 Å². The molecule has 1 fully saturated rings. The summed E-state index contributed by atoms with van der Waals surface area (Å²) in [5.74, 6) is 0.785. The zero-order chi connectivity index (χ0) is 16.7. The average molecular weight is 343 g/mol. The number of piperazine rings is 1. The maximum atomic E-state index is 4.80. The molecule has 4 heterocycles. The maximum absolute atomic E-state index is 4.80. The molecule has 126 valence electrons. The summed E-state index contributed by atoms with van der Waals surface area (Å²) in [5.41, 5.74) is 0.798. The van der Waals surface area contributed by atoms with E-state index < -0.39 is 0 Å². The number of anilines is 2. The molecule has 0 aromatic carbocycles. The molecule has 1 aliphatic heterocycles. The summed E-state index contributed by atoms with van der Waals surface area (Å²) in [6.45, 7) is 10.1. The fraction of sp³-hybridized carbons (Fsp3) is 0.500. The Bertz CT molecular complexity index is 826. The van der Waals surface area contributed by atoms with Gasteiger partial charge >= 0.3 is 0 Å². The van der Waals surface area contributed by atoms with Gasteiger partial charge in [-0.3, -0.25) is 0 Å². The maximum Gasteiger partial charge on any atom is 0.227 e. The number of nitrogens with zero attached hydrogens (tertiary/aromatic N) is 7. The first-order valence-electron chi connectivity index (χ1n) is 8.13. The lowest BCUT2D eigenvalue weighted by Crippen LogP contribution is -2.47. The van der Waals surface area contributed by atoms with Crippen molar-refractivity contribution in [3.05, 3.63) is 24.0 Å². The van der Waals surface area contributed by atoms with E-state index in [1.807, 2.05) is 28.7 Å². The number of rotatable bonds is 2. The van der Waals surface area contributed by atoms with Crippen LogP contribution < -0.4 is 9.80 Å². The van der Waals surface area contributed by atoms with Crippen molar-refractivity contribution in [2.75, 3.05) is 36.0 Å². The highest BCUT2D eigenvalue weighted by Gasteiger charge is 2.23. The van der Waals surface area contributed by atoms with E-state index in [4.69, 9.17) is 4.98 Å². The van der Waals surface area contributed by atoms with Crippen LogP contribution in [0, 0.1) is 0 Å². The molecule has 7 nitrogen and oxygen atoms in total. The van der Waals surface area contributed by atoms with Gasteiger partial charge < -0.3 is 9.80 Å². The molecule has 0 aliphatic carbocycles. The van der Waals surface area contributed by atoms with Crippen molar-refractivity contribution in [1.82, 2.24) is 24.7 Å². The highest BCUT2D eigenvalue weighted by atomic mass is 32.1. The first-order valence-corrected chi connectivity index (χ1v) is 9.01. The number of hydrogen-bond donors (Lipinski definition) is 0. The molecule has 1 aliphatic rings. The summed E-state index contributed by atoms with van der Waals surface area (Å²) in [7, 11) is 0. The molecule has 0 atom stereocenters. The van der Waals surface area contributed by atoms with E-state index in [2.05, 4.69) is 45.6 Å². The standard InChI is InChI=1S/C16H21N7S/c1-16(2,3)23-13-12(11-19-23)10-18-14(20-13)21-5-7-22(8-6-21)15-17-4-9-24-15/h4,9-11H,5-8H2,1-3H3. The molecule has 4 rings (SSSR count). The Morgan fingerprint density at radius 3 is 2.42 bits per heavy atom. The number of thiazole rings is 1. The average Bonchev–Trinajstić information content (AvgIpc) is 3.23. The van der Waals surface area contributed by atoms with E-state index in [1.165, 1.54) is 0 Å². The Kier molecular flexibility index (Phi) is 3.64. The van der Waals surface area contributed by atoms with E-state index in [-0.39, 0.29) is 5.54 Å². The third kappa shape index (κ3) is 2.71. The molecule has 0 saturated carbocycles. The van der Waals surface area contributed by atoms with Gasteiger partial charge in [0, 0.05) is 44.0 Å². The zero-order valence-electron chi connectivity index (χ0n) is 14.2. The van der Waals surface area contributed by atoms with Crippen LogP contribution >= 0.6 is 11.3 Å². The lowest BCUT2D eigenvalue weighted by molar-refractivity contribution is 0.366. The monoisotopic (exact) mass is 343 g/mol. The minimum atomic E-state index is -0.100. The van der Waals surface area contributed by atoms with Gasteiger partial charge in [-0.1, -0.05) is 0 Å². The molecular weight excluding hydrogens is 322 g/mol. The molecule has 3 aromatic heterocycles. The third-order valence-electron chi connectivity index (χ3n) is 4.18. The van der Waals surface area contributed by atoms with E-state index >= 15 is 0 Å². The molecule has 3 aromatic rings. The van der Waals surface area contributed by atoms with Gasteiger partial charge in [-0.2, -0.15) is 10.1 Å². The van der Waals surface area contributed by atoms with Gasteiger partial charge in [0.1, 0.15) is 0 Å². The van der Waals surface area contributed by atoms with Crippen molar-refractivity contribution in [3.8, 4) is 0 Å². The SMILES string of the molecule is CC(C)(C)n1ncc2cnc(N3CCN(c4nccs4)CC3)nc21. The normalized spacial score (nSPS) is 16.1. The molecule has 0 radical (unpaired) electrons. The Hall–Kier alpha value is -2.22. The molecule has 0 bridgehead atoms. The zero-order valence-corrected chi connectivity index (χ0v) is 15.0. The van der Waals surface area contributed by atoms with Crippen LogP contribution in [0.25, 0.3) is 11.0 Å². The van der Waals surface area contributed by atoms with Crippen molar-refractivity contribution in [2.24, 2.45) is 0 Å². The summed E-state index contributed by atoms with van der Waals surface area (Å²) < 4.78 is 1.97. The smallest absolute Gasteiger partial charge is 0.227 e. The molecule has 24 heavy (non-hydrogen) atoms. The minimum absolute atomic E-state index is 0.100. The molecular formula is C16H21N7S. The van der Waals surface area contributed by atoms with Gasteiger partial charge in [0.2, 0.25) is 5.95 Å². The van der Waals surface area contributed by atoms with Gasteiger partial charge in [-0.05, 0) is 20.8 Å². The van der Waals surface area contributed by atoms with Crippen LogP contribution in [0.2, 0.25) is 0 Å². The highest BCUT2D eigenvalue weighted by Crippen LogP contribution is 2.23. The predicted molar refractivity (Wildman–Crippen MR) is 96.9 cm³/mol. The van der Waals surface area contributed by atoms with Crippen LogP contribution in [0.5, 0.6) is 0 Å². The van der Waals surface area contributed by atoms with E-state index in [9.17, 15) is 0 Å². The second-order valence-electron chi connectivity index (χ2n) is 6.96. The molecule has 8 heteroatoms. The van der Waals surface area contributed by atoms with Crippen molar-refractivity contribution < 1.29 is 0 Å². The summed E-state index contributed by atoms with van der Waals surface area (Å²) in [6, 6.07) is 0. The lowest BCUT2D eigenvalue weighted by Gasteiger charge is -2.34. The van der Waals surface area contributed by atoms with Crippen LogP contribution in [0.1, 0.15) is 20.8 Å². The van der Waals surface area contributed by atoms with Gasteiger partial charge in [-0.25, -0.2) is 14.6 Å². The van der Waals surface area contributed by atoms with E-state index in [1.54, 1.807) is 11.3 Å². The molecule has 0 unspecified atom stereocenters. The largest absolute Gasteiger partial charge is 0.345 e. The minimum Gasteiger partial charge on any atom is -0.345 e.